The van der Waals surface area contributed by atoms with Crippen LogP contribution in [-0.4, -0.2) is 43.2 Å². The first kappa shape index (κ1) is 17.4. The molecule has 7 nitrogen and oxygen atoms in total. The summed E-state index contributed by atoms with van der Waals surface area (Å²) in [4.78, 5) is 20.3. The minimum atomic E-state index is -0.882. The van der Waals surface area contributed by atoms with E-state index in [1.54, 1.807) is 11.3 Å². The van der Waals surface area contributed by atoms with Gasteiger partial charge in [-0.3, -0.25) is 10.1 Å². The van der Waals surface area contributed by atoms with Gasteiger partial charge in [-0.1, -0.05) is 0 Å². The van der Waals surface area contributed by atoms with Crippen LogP contribution in [-0.2, 0) is 0 Å². The number of methoxy groups -OCH3 is 1. The lowest BCUT2D eigenvalue weighted by Crippen LogP contribution is -2.46. The van der Waals surface area contributed by atoms with Crippen LogP contribution < -0.4 is 14.5 Å². The molecule has 0 radical (unpaired) electrons. The Morgan fingerprint density at radius 2 is 1.88 bits per heavy atom. The zero-order chi connectivity index (χ0) is 18.1. The number of piperazine rings is 1. The van der Waals surface area contributed by atoms with Crippen LogP contribution in [0.25, 0.3) is 0 Å². The van der Waals surface area contributed by atoms with Crippen LogP contribution in [0.4, 0.5) is 20.9 Å². The Balaban J connectivity index is 1.83. The van der Waals surface area contributed by atoms with Gasteiger partial charge in [0.2, 0.25) is 5.82 Å². The first-order valence-electron chi connectivity index (χ1n) is 7.86. The lowest BCUT2D eigenvalue weighted by atomic mass is 10.2. The van der Waals surface area contributed by atoms with E-state index in [0.29, 0.717) is 26.2 Å². The van der Waals surface area contributed by atoms with E-state index in [0.717, 1.165) is 16.9 Å². The van der Waals surface area contributed by atoms with Gasteiger partial charge in [0.05, 0.1) is 17.7 Å². The average Bonchev–Trinajstić information content (AvgIpc) is 2.93. The second-order valence-electron chi connectivity index (χ2n) is 5.85. The van der Waals surface area contributed by atoms with Gasteiger partial charge in [0.25, 0.3) is 0 Å². The number of anilines is 2. The number of rotatable bonds is 4. The molecular weight excluding hydrogens is 347 g/mol. The highest BCUT2D eigenvalue weighted by Gasteiger charge is 2.29. The number of ether oxygens (including phenoxy) is 1. The van der Waals surface area contributed by atoms with E-state index in [2.05, 4.69) is 9.88 Å². The molecule has 2 aromatic rings. The van der Waals surface area contributed by atoms with E-state index in [9.17, 15) is 14.5 Å². The van der Waals surface area contributed by atoms with Crippen molar-refractivity contribution in [1.29, 1.82) is 0 Å². The Labute approximate surface area is 148 Å². The fraction of sp³-hybridized carbons (Fsp3) is 0.438. The molecule has 3 rings (SSSR count). The molecule has 1 aliphatic rings. The van der Waals surface area contributed by atoms with Crippen molar-refractivity contribution in [2.45, 2.75) is 13.8 Å². The summed E-state index contributed by atoms with van der Waals surface area (Å²) in [6, 6.07) is 2.56. The van der Waals surface area contributed by atoms with Gasteiger partial charge in [0.1, 0.15) is 11.4 Å². The number of aromatic nitrogens is 1. The van der Waals surface area contributed by atoms with E-state index < -0.39 is 16.4 Å². The van der Waals surface area contributed by atoms with Crippen LogP contribution in [0, 0.1) is 29.8 Å². The fourth-order valence-corrected chi connectivity index (χ4v) is 3.79. The highest BCUT2D eigenvalue weighted by Crippen LogP contribution is 2.36. The molecular formula is C16H19FN4O3S. The number of halogens is 1. The Morgan fingerprint density at radius 3 is 2.40 bits per heavy atom. The summed E-state index contributed by atoms with van der Waals surface area (Å²) in [5, 5.41) is 12.2. The van der Waals surface area contributed by atoms with E-state index in [4.69, 9.17) is 4.74 Å². The summed E-state index contributed by atoms with van der Waals surface area (Å²) in [6.45, 7) is 6.45. The highest BCUT2D eigenvalue weighted by molar-refractivity contribution is 7.15. The Morgan fingerprint density at radius 1 is 1.24 bits per heavy atom. The minimum absolute atomic E-state index is 0.257. The van der Waals surface area contributed by atoms with Gasteiger partial charge in [-0.15, -0.1) is 11.3 Å². The maximum atomic E-state index is 14.1. The number of hydrogen-bond acceptors (Lipinski definition) is 7. The topological polar surface area (TPSA) is 71.7 Å². The summed E-state index contributed by atoms with van der Waals surface area (Å²) >= 11 is 1.64. The lowest BCUT2D eigenvalue weighted by molar-refractivity contribution is -0.386. The molecule has 0 saturated carbocycles. The average molecular weight is 366 g/mol. The molecule has 0 spiro atoms. The smallest absolute Gasteiger partial charge is 0.328 e. The molecule has 1 saturated heterocycles. The zero-order valence-corrected chi connectivity index (χ0v) is 15.1. The van der Waals surface area contributed by atoms with Crippen molar-refractivity contribution in [1.82, 2.24) is 4.98 Å². The van der Waals surface area contributed by atoms with Crippen molar-refractivity contribution in [3.63, 3.8) is 0 Å². The molecule has 9 heteroatoms. The number of nitro groups is 1. The number of aryl methyl sites for hydroxylation is 2. The van der Waals surface area contributed by atoms with E-state index in [1.165, 1.54) is 18.1 Å². The lowest BCUT2D eigenvalue weighted by Gasteiger charge is -2.35. The molecule has 1 aliphatic heterocycles. The zero-order valence-electron chi connectivity index (χ0n) is 14.3. The Bertz CT molecular complexity index is 783. The number of nitro benzene ring substituents is 1. The maximum absolute atomic E-state index is 14.1. The van der Waals surface area contributed by atoms with Crippen molar-refractivity contribution in [2.75, 3.05) is 43.1 Å². The van der Waals surface area contributed by atoms with Crippen molar-refractivity contribution >= 4 is 27.8 Å². The van der Waals surface area contributed by atoms with Crippen molar-refractivity contribution in [3.05, 3.63) is 38.6 Å². The monoisotopic (exact) mass is 366 g/mol. The summed E-state index contributed by atoms with van der Waals surface area (Å²) in [7, 11) is 1.41. The van der Waals surface area contributed by atoms with Crippen LogP contribution in [0.15, 0.2) is 12.1 Å². The summed E-state index contributed by atoms with van der Waals surface area (Å²) in [5.41, 5.74) is 0.774. The predicted octanol–water partition coefficient (Wildman–Crippen LogP) is 3.14. The fourth-order valence-electron chi connectivity index (χ4n) is 2.83. The molecule has 0 atom stereocenters. The third-order valence-electron chi connectivity index (χ3n) is 4.34. The number of nitrogens with zero attached hydrogens (tertiary/aromatic N) is 4. The van der Waals surface area contributed by atoms with Crippen molar-refractivity contribution < 1.29 is 14.1 Å². The van der Waals surface area contributed by atoms with Crippen LogP contribution in [0.3, 0.4) is 0 Å². The second-order valence-corrected chi connectivity index (χ2v) is 7.03. The second kappa shape index (κ2) is 6.83. The molecule has 1 aromatic heterocycles. The largest absolute Gasteiger partial charge is 0.497 e. The van der Waals surface area contributed by atoms with Gasteiger partial charge in [0.15, 0.2) is 5.13 Å². The summed E-state index contributed by atoms with van der Waals surface area (Å²) in [5.74, 6) is -0.611. The molecule has 0 aliphatic carbocycles. The Hall–Kier alpha value is -2.42. The summed E-state index contributed by atoms with van der Waals surface area (Å²) < 4.78 is 19.2. The first-order chi connectivity index (χ1) is 11.9. The SMILES string of the molecule is COc1cc(F)c([N+](=O)[O-])c(N2CCN(c3nc(C)c(C)s3)CC2)c1. The van der Waals surface area contributed by atoms with Crippen LogP contribution in [0.2, 0.25) is 0 Å². The summed E-state index contributed by atoms with van der Waals surface area (Å²) in [6.07, 6.45) is 0. The first-order valence-corrected chi connectivity index (χ1v) is 8.68. The number of benzene rings is 1. The third-order valence-corrected chi connectivity index (χ3v) is 5.48. The predicted molar refractivity (Wildman–Crippen MR) is 95.6 cm³/mol. The van der Waals surface area contributed by atoms with E-state index >= 15 is 0 Å². The van der Waals surface area contributed by atoms with Crippen molar-refractivity contribution in [2.24, 2.45) is 0 Å². The van der Waals surface area contributed by atoms with Crippen molar-refractivity contribution in [3.8, 4) is 5.75 Å². The van der Waals surface area contributed by atoms with E-state index in [1.807, 2.05) is 18.7 Å². The normalized spacial score (nSPS) is 14.7. The molecule has 2 heterocycles. The van der Waals surface area contributed by atoms with E-state index in [-0.39, 0.29) is 11.4 Å². The molecule has 25 heavy (non-hydrogen) atoms. The van der Waals surface area contributed by atoms with Gasteiger partial charge in [0, 0.05) is 43.2 Å². The third kappa shape index (κ3) is 3.37. The standard InChI is InChI=1S/C16H19FN4O3S/c1-10-11(2)25-16(18-10)20-6-4-19(5-7-20)14-9-12(24-3)8-13(17)15(14)21(22)23/h8-9H,4-7H2,1-3H3. The van der Waals surface area contributed by atoms with Gasteiger partial charge in [-0.2, -0.15) is 4.39 Å². The van der Waals surface area contributed by atoms with Gasteiger partial charge < -0.3 is 14.5 Å². The van der Waals surface area contributed by atoms with Crippen LogP contribution >= 0.6 is 11.3 Å². The quantitative estimate of drug-likeness (QED) is 0.611. The maximum Gasteiger partial charge on any atom is 0.328 e. The Kier molecular flexibility index (Phi) is 4.76. The van der Waals surface area contributed by atoms with Crippen LogP contribution in [0.5, 0.6) is 5.75 Å². The molecule has 134 valence electrons. The molecule has 1 aromatic carbocycles. The highest BCUT2D eigenvalue weighted by atomic mass is 32.1. The van der Waals surface area contributed by atoms with Crippen LogP contribution in [0.1, 0.15) is 10.6 Å². The number of thiazole rings is 1. The molecule has 0 bridgehead atoms. The molecule has 1 fully saturated rings. The van der Waals surface area contributed by atoms with Gasteiger partial charge in [-0.05, 0) is 13.8 Å². The molecule has 0 N–H and O–H groups in total. The van der Waals surface area contributed by atoms with Gasteiger partial charge >= 0.3 is 5.69 Å². The number of hydrogen-bond donors (Lipinski definition) is 0. The van der Waals surface area contributed by atoms with Gasteiger partial charge in [-0.25, -0.2) is 4.98 Å². The molecule has 0 amide bonds. The molecule has 0 unspecified atom stereocenters. The minimum Gasteiger partial charge on any atom is -0.497 e.